The molecule has 2 aromatic rings. The number of hydrogen-bond acceptors (Lipinski definition) is 5. The van der Waals surface area contributed by atoms with E-state index < -0.39 is 16.9 Å². The Kier molecular flexibility index (Phi) is 7.34. The minimum atomic E-state index is -0.835. The second-order valence-electron chi connectivity index (χ2n) is 5.21. The normalized spacial score (nSPS) is 11.2. The van der Waals surface area contributed by atoms with E-state index in [0.29, 0.717) is 16.5 Å². The van der Waals surface area contributed by atoms with Crippen LogP contribution in [0.5, 0.6) is 5.75 Å². The minimum Gasteiger partial charge on any atom is -0.479 e. The number of nitrogens with zero attached hydrogens (tertiary/aromatic N) is 1. The monoisotopic (exact) mass is 472 g/mol. The van der Waals surface area contributed by atoms with Gasteiger partial charge in [-0.05, 0) is 49.5 Å². The Morgan fingerprint density at radius 1 is 1.26 bits per heavy atom. The maximum Gasteiger partial charge on any atom is 0.279 e. The molecule has 1 unspecified atom stereocenters. The van der Waals surface area contributed by atoms with Gasteiger partial charge in [-0.15, -0.1) is 0 Å². The van der Waals surface area contributed by atoms with Crippen LogP contribution >= 0.6 is 39.7 Å². The SMILES string of the molecule is CC(Oc1ccc(Br)cc1Cl)C(=O)NNC(=S)Nc1ccc([N+](=O)[O-])cc1. The molecule has 0 fully saturated rings. The molecule has 0 saturated heterocycles. The Balaban J connectivity index is 1.83. The molecule has 2 aromatic carbocycles. The number of hydrogen-bond donors (Lipinski definition) is 3. The maximum absolute atomic E-state index is 12.1. The first-order valence-corrected chi connectivity index (χ1v) is 9.07. The molecule has 0 spiro atoms. The van der Waals surface area contributed by atoms with E-state index in [0.717, 1.165) is 4.47 Å². The highest BCUT2D eigenvalue weighted by Crippen LogP contribution is 2.28. The van der Waals surface area contributed by atoms with E-state index in [-0.39, 0.29) is 10.8 Å². The lowest BCUT2D eigenvalue weighted by molar-refractivity contribution is -0.384. The molecule has 0 aromatic heterocycles. The first kappa shape index (κ1) is 20.9. The molecular formula is C16H14BrClN4O4S. The molecule has 11 heteroatoms. The number of anilines is 1. The molecule has 1 amide bonds. The topological polar surface area (TPSA) is 106 Å². The van der Waals surface area contributed by atoms with Gasteiger partial charge in [0, 0.05) is 22.3 Å². The van der Waals surface area contributed by atoms with Gasteiger partial charge in [0.05, 0.1) is 9.95 Å². The largest absolute Gasteiger partial charge is 0.479 e. The van der Waals surface area contributed by atoms with Gasteiger partial charge in [0.1, 0.15) is 5.75 Å². The lowest BCUT2D eigenvalue weighted by atomic mass is 10.3. The van der Waals surface area contributed by atoms with E-state index in [2.05, 4.69) is 32.1 Å². The van der Waals surface area contributed by atoms with Crippen molar-refractivity contribution in [3.8, 4) is 5.75 Å². The lowest BCUT2D eigenvalue weighted by Crippen LogP contribution is -2.48. The van der Waals surface area contributed by atoms with E-state index in [1.165, 1.54) is 24.3 Å². The number of amides is 1. The number of nitro groups is 1. The number of halogens is 2. The number of rotatable bonds is 5. The van der Waals surface area contributed by atoms with E-state index in [1.54, 1.807) is 25.1 Å². The highest BCUT2D eigenvalue weighted by atomic mass is 79.9. The fourth-order valence-corrected chi connectivity index (χ4v) is 2.75. The smallest absolute Gasteiger partial charge is 0.279 e. The molecule has 0 aliphatic carbocycles. The van der Waals surface area contributed by atoms with Crippen molar-refractivity contribution in [1.29, 1.82) is 0 Å². The molecule has 1 atom stereocenters. The van der Waals surface area contributed by atoms with Gasteiger partial charge in [-0.1, -0.05) is 27.5 Å². The zero-order valence-corrected chi connectivity index (χ0v) is 17.0. The zero-order chi connectivity index (χ0) is 20.0. The van der Waals surface area contributed by atoms with Crippen molar-refractivity contribution in [2.45, 2.75) is 13.0 Å². The highest BCUT2D eigenvalue weighted by Gasteiger charge is 2.16. The predicted molar refractivity (Wildman–Crippen MR) is 110 cm³/mol. The van der Waals surface area contributed by atoms with Crippen LogP contribution in [-0.2, 0) is 4.79 Å². The zero-order valence-electron chi connectivity index (χ0n) is 13.9. The second kappa shape index (κ2) is 9.49. The van der Waals surface area contributed by atoms with Gasteiger partial charge in [0.25, 0.3) is 11.6 Å². The fourth-order valence-electron chi connectivity index (χ4n) is 1.86. The molecule has 0 radical (unpaired) electrons. The van der Waals surface area contributed by atoms with Crippen LogP contribution in [0.2, 0.25) is 5.02 Å². The molecule has 142 valence electrons. The van der Waals surface area contributed by atoms with E-state index in [1.807, 2.05) is 0 Å². The van der Waals surface area contributed by atoms with Crippen molar-refractivity contribution in [3.05, 3.63) is 62.1 Å². The lowest BCUT2D eigenvalue weighted by Gasteiger charge is -2.17. The van der Waals surface area contributed by atoms with Crippen molar-refractivity contribution in [2.24, 2.45) is 0 Å². The summed E-state index contributed by atoms with van der Waals surface area (Å²) >= 11 is 14.4. The van der Waals surface area contributed by atoms with Crippen molar-refractivity contribution in [3.63, 3.8) is 0 Å². The van der Waals surface area contributed by atoms with E-state index in [4.69, 9.17) is 28.6 Å². The first-order valence-electron chi connectivity index (χ1n) is 7.49. The third kappa shape index (κ3) is 6.35. The summed E-state index contributed by atoms with van der Waals surface area (Å²) in [4.78, 5) is 22.2. The van der Waals surface area contributed by atoms with Crippen LogP contribution in [0, 0.1) is 10.1 Å². The van der Waals surface area contributed by atoms with Gasteiger partial charge in [-0.2, -0.15) is 0 Å². The van der Waals surface area contributed by atoms with E-state index in [9.17, 15) is 14.9 Å². The molecule has 3 N–H and O–H groups in total. The summed E-state index contributed by atoms with van der Waals surface area (Å²) in [5, 5.41) is 13.9. The number of non-ortho nitro benzene ring substituents is 1. The number of benzene rings is 2. The number of thiocarbonyl (C=S) groups is 1. The average Bonchev–Trinajstić information content (AvgIpc) is 2.62. The Labute approximate surface area is 173 Å². The fraction of sp³-hybridized carbons (Fsp3) is 0.125. The third-order valence-electron chi connectivity index (χ3n) is 3.20. The summed E-state index contributed by atoms with van der Waals surface area (Å²) in [6.07, 6.45) is -0.835. The minimum absolute atomic E-state index is 0.0368. The molecule has 0 saturated carbocycles. The Morgan fingerprint density at radius 2 is 1.93 bits per heavy atom. The van der Waals surface area contributed by atoms with Crippen LogP contribution in [0.3, 0.4) is 0 Å². The van der Waals surface area contributed by atoms with Crippen LogP contribution in [0.1, 0.15) is 6.92 Å². The van der Waals surface area contributed by atoms with Gasteiger partial charge in [-0.25, -0.2) is 0 Å². The Hall–Kier alpha value is -2.43. The molecule has 0 aliphatic rings. The summed E-state index contributed by atoms with van der Waals surface area (Å²) in [5.74, 6) is -0.101. The molecule has 8 nitrogen and oxygen atoms in total. The standard InChI is InChI=1S/C16H14BrClN4O4S/c1-9(26-14-7-2-10(17)8-13(14)18)15(23)20-21-16(27)19-11-3-5-12(6-4-11)22(24)25/h2-9H,1H3,(H,20,23)(H2,19,21,27). The van der Waals surface area contributed by atoms with Crippen LogP contribution in [0.25, 0.3) is 0 Å². The van der Waals surface area contributed by atoms with Crippen LogP contribution in [-0.4, -0.2) is 22.0 Å². The summed E-state index contributed by atoms with van der Waals surface area (Å²) in [5.41, 5.74) is 5.42. The van der Waals surface area contributed by atoms with Gasteiger partial charge in [0.2, 0.25) is 0 Å². The third-order valence-corrected chi connectivity index (χ3v) is 4.19. The van der Waals surface area contributed by atoms with Crippen molar-refractivity contribution in [2.75, 3.05) is 5.32 Å². The summed E-state index contributed by atoms with van der Waals surface area (Å²) < 4.78 is 6.31. The van der Waals surface area contributed by atoms with Crippen LogP contribution in [0.4, 0.5) is 11.4 Å². The first-order chi connectivity index (χ1) is 12.8. The molecule has 0 heterocycles. The van der Waals surface area contributed by atoms with Crippen molar-refractivity contribution >= 4 is 62.1 Å². The predicted octanol–water partition coefficient (Wildman–Crippen LogP) is 3.80. The van der Waals surface area contributed by atoms with Gasteiger partial charge >= 0.3 is 0 Å². The Morgan fingerprint density at radius 3 is 2.52 bits per heavy atom. The van der Waals surface area contributed by atoms with Gasteiger partial charge in [0.15, 0.2) is 11.2 Å². The number of carbonyl (C=O) groups is 1. The number of hydrazine groups is 1. The molecular weight excluding hydrogens is 460 g/mol. The van der Waals surface area contributed by atoms with Crippen LogP contribution in [0.15, 0.2) is 46.9 Å². The summed E-state index contributed by atoms with van der Waals surface area (Å²) in [7, 11) is 0. The summed E-state index contributed by atoms with van der Waals surface area (Å²) in [6.45, 7) is 1.56. The second-order valence-corrected chi connectivity index (χ2v) is 6.94. The highest BCUT2D eigenvalue weighted by molar-refractivity contribution is 9.10. The van der Waals surface area contributed by atoms with Gasteiger partial charge in [-0.3, -0.25) is 25.8 Å². The number of nitrogens with one attached hydrogen (secondary N) is 3. The molecule has 0 bridgehead atoms. The Bertz CT molecular complexity index is 866. The molecule has 2 rings (SSSR count). The number of ether oxygens (including phenoxy) is 1. The van der Waals surface area contributed by atoms with Crippen LogP contribution < -0.4 is 20.9 Å². The number of nitro benzene ring substituents is 1. The summed E-state index contributed by atoms with van der Waals surface area (Å²) in [6, 6.07) is 10.7. The molecule has 27 heavy (non-hydrogen) atoms. The van der Waals surface area contributed by atoms with Crippen molar-refractivity contribution < 1.29 is 14.5 Å². The number of carbonyl (C=O) groups excluding carboxylic acids is 1. The van der Waals surface area contributed by atoms with Gasteiger partial charge < -0.3 is 10.1 Å². The quantitative estimate of drug-likeness (QED) is 0.345. The van der Waals surface area contributed by atoms with E-state index >= 15 is 0 Å². The molecule has 0 aliphatic heterocycles. The van der Waals surface area contributed by atoms with Crippen molar-refractivity contribution in [1.82, 2.24) is 10.9 Å². The maximum atomic E-state index is 12.1. The average molecular weight is 474 g/mol.